The first kappa shape index (κ1) is 28.4. The van der Waals surface area contributed by atoms with Crippen LogP contribution in [0.2, 0.25) is 0 Å². The normalized spacial score (nSPS) is 19.6. The van der Waals surface area contributed by atoms with E-state index in [2.05, 4.69) is 71.5 Å². The van der Waals surface area contributed by atoms with E-state index in [-0.39, 0.29) is 6.10 Å². The minimum absolute atomic E-state index is 0.0414. The van der Waals surface area contributed by atoms with Crippen LogP contribution in [0.4, 0.5) is 15.9 Å². The lowest BCUT2D eigenvalue weighted by Gasteiger charge is -2.38. The SMILES string of the molecule is C=C(F)C(=O)N1CCN(c2nc(OCC3CN(CC)CCO3)nc3c2CCN(c2cccc4cccc(C)c24)C3)CC1. The van der Waals surface area contributed by atoms with Crippen molar-refractivity contribution in [3.63, 3.8) is 0 Å². The summed E-state index contributed by atoms with van der Waals surface area (Å²) in [5.74, 6) is -0.721. The first-order chi connectivity index (χ1) is 20.4. The molecule has 0 N–H and O–H groups in total. The molecule has 9 nitrogen and oxygen atoms in total. The average Bonchev–Trinajstić information content (AvgIpc) is 3.02. The lowest BCUT2D eigenvalue weighted by molar-refractivity contribution is -0.128. The third-order valence-electron chi connectivity index (χ3n) is 8.62. The molecule has 4 heterocycles. The summed E-state index contributed by atoms with van der Waals surface area (Å²) in [5.41, 5.74) is 4.50. The molecule has 2 fully saturated rings. The minimum atomic E-state index is -0.922. The van der Waals surface area contributed by atoms with Gasteiger partial charge in [0.2, 0.25) is 0 Å². The van der Waals surface area contributed by atoms with Crippen LogP contribution in [0, 0.1) is 6.92 Å². The van der Waals surface area contributed by atoms with Gasteiger partial charge in [0.05, 0.1) is 18.8 Å². The number of carbonyl (C=O) groups is 1. The number of benzene rings is 2. The molecule has 6 rings (SSSR count). The molecule has 0 aliphatic carbocycles. The summed E-state index contributed by atoms with van der Waals surface area (Å²) in [5, 5.41) is 2.49. The number of amides is 1. The highest BCUT2D eigenvalue weighted by molar-refractivity contribution is 5.97. The standard InChI is InChI=1S/C32H39FN6O3/c1-4-36-17-18-41-25(19-36)21-42-32-34-27-20-39(28-10-6-9-24-8-5-7-22(2)29(24)28)12-11-26(27)30(35-32)37-13-15-38(16-14-37)31(40)23(3)33/h5-10,25H,3-4,11-21H2,1-2H3. The van der Waals surface area contributed by atoms with Gasteiger partial charge < -0.3 is 24.2 Å². The molecule has 0 spiro atoms. The molecule has 1 unspecified atom stereocenters. The summed E-state index contributed by atoms with van der Waals surface area (Å²) in [7, 11) is 0. The molecule has 2 aromatic carbocycles. The Balaban J connectivity index is 1.28. The van der Waals surface area contributed by atoms with Crippen molar-refractivity contribution >= 4 is 28.2 Å². The van der Waals surface area contributed by atoms with Gasteiger partial charge in [0.25, 0.3) is 5.91 Å². The molecule has 0 radical (unpaired) electrons. The van der Waals surface area contributed by atoms with Crippen LogP contribution >= 0.6 is 0 Å². The smallest absolute Gasteiger partial charge is 0.318 e. The third-order valence-corrected chi connectivity index (χ3v) is 8.62. The number of rotatable bonds is 7. The summed E-state index contributed by atoms with van der Waals surface area (Å²) in [4.78, 5) is 30.4. The third kappa shape index (κ3) is 5.78. The molecule has 1 aromatic heterocycles. The zero-order chi connectivity index (χ0) is 29.2. The number of hydrogen-bond acceptors (Lipinski definition) is 8. The predicted octanol–water partition coefficient (Wildman–Crippen LogP) is 3.73. The fraction of sp³-hybridized carbons (Fsp3) is 0.469. The molecule has 2 saturated heterocycles. The molecule has 3 aromatic rings. The predicted molar refractivity (Wildman–Crippen MR) is 162 cm³/mol. The lowest BCUT2D eigenvalue weighted by atomic mass is 9.99. The average molecular weight is 575 g/mol. The molecule has 0 bridgehead atoms. The van der Waals surface area contributed by atoms with Crippen molar-refractivity contribution in [3.8, 4) is 6.01 Å². The Morgan fingerprint density at radius 2 is 1.86 bits per heavy atom. The van der Waals surface area contributed by atoms with Gasteiger partial charge in [-0.2, -0.15) is 9.97 Å². The number of aryl methyl sites for hydroxylation is 1. The zero-order valence-electron chi connectivity index (χ0n) is 24.5. The Hall–Kier alpha value is -3.76. The van der Waals surface area contributed by atoms with Crippen molar-refractivity contribution in [2.75, 3.05) is 75.4 Å². The largest absolute Gasteiger partial charge is 0.461 e. The molecule has 42 heavy (non-hydrogen) atoms. The van der Waals surface area contributed by atoms with Crippen molar-refractivity contribution < 1.29 is 18.7 Å². The van der Waals surface area contributed by atoms with Crippen LogP contribution in [0.25, 0.3) is 10.8 Å². The summed E-state index contributed by atoms with van der Waals surface area (Å²) < 4.78 is 25.7. The number of anilines is 2. The van der Waals surface area contributed by atoms with Gasteiger partial charge in [-0.3, -0.25) is 9.69 Å². The van der Waals surface area contributed by atoms with Crippen molar-refractivity contribution in [2.45, 2.75) is 32.9 Å². The van der Waals surface area contributed by atoms with E-state index in [4.69, 9.17) is 19.4 Å². The van der Waals surface area contributed by atoms with E-state index in [1.807, 2.05) is 0 Å². The number of likely N-dealkylation sites (N-methyl/N-ethyl adjacent to an activating group) is 1. The number of nitrogens with zero attached hydrogens (tertiary/aromatic N) is 6. The van der Waals surface area contributed by atoms with Gasteiger partial charge in [-0.05, 0) is 36.9 Å². The van der Waals surface area contributed by atoms with E-state index in [0.29, 0.717) is 51.9 Å². The van der Waals surface area contributed by atoms with Crippen LogP contribution < -0.4 is 14.5 Å². The number of hydrogen-bond donors (Lipinski definition) is 0. The molecular formula is C32H39FN6O3. The van der Waals surface area contributed by atoms with E-state index in [0.717, 1.165) is 49.7 Å². The maximum Gasteiger partial charge on any atom is 0.318 e. The van der Waals surface area contributed by atoms with Gasteiger partial charge >= 0.3 is 6.01 Å². The second-order valence-corrected chi connectivity index (χ2v) is 11.3. The van der Waals surface area contributed by atoms with E-state index >= 15 is 0 Å². The molecule has 1 amide bonds. The fourth-order valence-corrected chi connectivity index (χ4v) is 6.32. The van der Waals surface area contributed by atoms with Gasteiger partial charge in [-0.25, -0.2) is 4.39 Å². The second kappa shape index (κ2) is 12.2. The highest BCUT2D eigenvalue weighted by atomic mass is 19.1. The number of morpholine rings is 1. The number of fused-ring (bicyclic) bond motifs is 2. The van der Waals surface area contributed by atoms with Gasteiger partial charge in [0, 0.05) is 62.5 Å². The van der Waals surface area contributed by atoms with Gasteiger partial charge in [0.15, 0.2) is 5.83 Å². The van der Waals surface area contributed by atoms with Crippen molar-refractivity contribution in [2.24, 2.45) is 0 Å². The maximum absolute atomic E-state index is 13.5. The Morgan fingerprint density at radius 3 is 2.62 bits per heavy atom. The molecule has 10 heteroatoms. The Labute approximate surface area is 246 Å². The highest BCUT2D eigenvalue weighted by Gasteiger charge is 2.30. The minimum Gasteiger partial charge on any atom is -0.461 e. The van der Waals surface area contributed by atoms with Crippen LogP contribution in [-0.4, -0.2) is 97.4 Å². The zero-order valence-corrected chi connectivity index (χ0v) is 24.5. The first-order valence-electron chi connectivity index (χ1n) is 14.9. The second-order valence-electron chi connectivity index (χ2n) is 11.3. The maximum atomic E-state index is 13.5. The quantitative estimate of drug-likeness (QED) is 0.396. The summed E-state index contributed by atoms with van der Waals surface area (Å²) >= 11 is 0. The lowest BCUT2D eigenvalue weighted by Crippen LogP contribution is -2.49. The van der Waals surface area contributed by atoms with Gasteiger partial charge in [-0.1, -0.05) is 43.8 Å². The molecular weight excluding hydrogens is 535 g/mol. The van der Waals surface area contributed by atoms with Crippen molar-refractivity contribution in [1.82, 2.24) is 19.8 Å². The van der Waals surface area contributed by atoms with Crippen LogP contribution in [-0.2, 0) is 22.5 Å². The van der Waals surface area contributed by atoms with Crippen molar-refractivity contribution in [1.29, 1.82) is 0 Å². The number of ether oxygens (including phenoxy) is 2. The molecule has 3 aliphatic heterocycles. The number of piperazine rings is 1. The summed E-state index contributed by atoms with van der Waals surface area (Å²) in [6.07, 6.45) is 0.741. The van der Waals surface area contributed by atoms with Crippen LogP contribution in [0.1, 0.15) is 23.7 Å². The van der Waals surface area contributed by atoms with E-state index < -0.39 is 11.7 Å². The van der Waals surface area contributed by atoms with Gasteiger partial charge in [-0.15, -0.1) is 0 Å². The molecule has 3 aliphatic rings. The number of halogens is 1. The van der Waals surface area contributed by atoms with Crippen LogP contribution in [0.3, 0.4) is 0 Å². The van der Waals surface area contributed by atoms with E-state index in [1.165, 1.54) is 26.9 Å². The Morgan fingerprint density at radius 1 is 1.07 bits per heavy atom. The highest BCUT2D eigenvalue weighted by Crippen LogP contribution is 2.35. The van der Waals surface area contributed by atoms with Crippen molar-refractivity contribution in [3.05, 3.63) is 65.6 Å². The van der Waals surface area contributed by atoms with E-state index in [9.17, 15) is 9.18 Å². The first-order valence-corrected chi connectivity index (χ1v) is 14.9. The topological polar surface area (TPSA) is 74.3 Å². The monoisotopic (exact) mass is 574 g/mol. The molecule has 1 atom stereocenters. The van der Waals surface area contributed by atoms with Gasteiger partial charge in [0.1, 0.15) is 18.5 Å². The summed E-state index contributed by atoms with van der Waals surface area (Å²) in [6.45, 7) is 14.7. The Bertz CT molecular complexity index is 1470. The fourth-order valence-electron chi connectivity index (χ4n) is 6.32. The summed E-state index contributed by atoms with van der Waals surface area (Å²) in [6, 6.07) is 13.2. The molecule has 222 valence electrons. The number of carbonyl (C=O) groups excluding carboxylic acids is 1. The van der Waals surface area contributed by atoms with E-state index in [1.54, 1.807) is 0 Å². The van der Waals surface area contributed by atoms with Crippen LogP contribution in [0.5, 0.6) is 6.01 Å². The Kier molecular flexibility index (Phi) is 8.26. The van der Waals surface area contributed by atoms with Crippen LogP contribution in [0.15, 0.2) is 48.8 Å². The molecule has 0 saturated carbocycles. The number of aromatic nitrogens is 2.